The van der Waals surface area contributed by atoms with Gasteiger partial charge in [-0.05, 0) is 101 Å². The molecular weight excluding hydrogens is 462 g/mol. The minimum Gasteiger partial charge on any atom is -0.393 e. The Kier molecular flexibility index (Phi) is 6.34. The van der Waals surface area contributed by atoms with Gasteiger partial charge in [0.25, 0.3) is 0 Å². The fourth-order valence-corrected chi connectivity index (χ4v) is 11.2. The van der Waals surface area contributed by atoms with Gasteiger partial charge in [0.05, 0.1) is 6.10 Å². The van der Waals surface area contributed by atoms with Gasteiger partial charge in [0.1, 0.15) is 5.78 Å². The molecule has 4 N–H and O–H groups in total. The van der Waals surface area contributed by atoms with E-state index in [-0.39, 0.29) is 63.0 Å². The Morgan fingerprint density at radius 2 is 1.78 bits per heavy atom. The zero-order valence-corrected chi connectivity index (χ0v) is 24.7. The van der Waals surface area contributed by atoms with Crippen LogP contribution in [0.5, 0.6) is 0 Å². The maximum absolute atomic E-state index is 14.5. The second-order valence-electron chi connectivity index (χ2n) is 15.0. The highest BCUT2D eigenvalue weighted by Crippen LogP contribution is 2.87. The minimum atomic E-state index is -0.372. The Morgan fingerprint density at radius 3 is 2.38 bits per heavy atom. The number of carbonyl (C=O) groups is 2. The number of ketones is 1. The monoisotopic (exact) mass is 515 g/mol. The molecule has 0 bridgehead atoms. The van der Waals surface area contributed by atoms with E-state index >= 15 is 0 Å². The summed E-state index contributed by atoms with van der Waals surface area (Å²) in [7, 11) is 4.19. The van der Waals surface area contributed by atoms with Gasteiger partial charge in [-0.3, -0.25) is 9.59 Å². The second kappa shape index (κ2) is 8.51. The Balaban J connectivity index is 1.49. The number of Topliss-reactive ketones (excluding diaryl/α,β-unsaturated/α-hetero) is 1. The summed E-state index contributed by atoms with van der Waals surface area (Å²) in [5.74, 6) is 1.39. The first-order valence-electron chi connectivity index (χ1n) is 15.1. The van der Waals surface area contributed by atoms with Crippen molar-refractivity contribution in [3.63, 3.8) is 0 Å². The number of carbonyl (C=O) groups excluding carboxylic acids is 2. The van der Waals surface area contributed by atoms with Crippen molar-refractivity contribution in [2.24, 2.45) is 56.5 Å². The first-order chi connectivity index (χ1) is 17.2. The molecule has 6 heteroatoms. The lowest BCUT2D eigenvalue weighted by atomic mass is 9.41. The molecule has 5 aliphatic rings. The summed E-state index contributed by atoms with van der Waals surface area (Å²) in [5.41, 5.74) is 5.86. The molecule has 0 saturated heterocycles. The molecule has 37 heavy (non-hydrogen) atoms. The highest BCUT2D eigenvalue weighted by Gasteiger charge is 2.86. The minimum absolute atomic E-state index is 0.00441. The molecule has 3 unspecified atom stereocenters. The quantitative estimate of drug-likeness (QED) is 0.497. The highest BCUT2D eigenvalue weighted by atomic mass is 16.3. The molecule has 5 saturated carbocycles. The van der Waals surface area contributed by atoms with Gasteiger partial charge in [-0.1, -0.05) is 34.6 Å². The number of nitrogens with zero attached hydrogens (tertiary/aromatic N) is 1. The van der Waals surface area contributed by atoms with Crippen LogP contribution in [0.15, 0.2) is 0 Å². The maximum atomic E-state index is 14.5. The van der Waals surface area contributed by atoms with Gasteiger partial charge in [0.2, 0.25) is 5.91 Å². The van der Waals surface area contributed by atoms with E-state index in [9.17, 15) is 14.7 Å². The number of amides is 1. The average molecular weight is 516 g/mol. The van der Waals surface area contributed by atoms with E-state index in [1.165, 1.54) is 0 Å². The summed E-state index contributed by atoms with van der Waals surface area (Å²) >= 11 is 0. The van der Waals surface area contributed by atoms with Gasteiger partial charge < -0.3 is 21.1 Å². The average Bonchev–Trinajstić information content (AvgIpc) is 3.48. The number of hydrogen-bond acceptors (Lipinski definition) is 5. The maximum Gasteiger partial charge on any atom is 0.223 e. The van der Waals surface area contributed by atoms with E-state index in [1.807, 2.05) is 6.92 Å². The number of nitrogens with two attached hydrogens (primary N) is 1. The van der Waals surface area contributed by atoms with E-state index < -0.39 is 0 Å². The normalized spacial score (nSPS) is 52.0. The number of fused-ring (bicyclic) bond motifs is 2. The SMILES string of the molecule is CCC(C)C(=O)N[C@H]1CCC23CC24C(=O)C[C@]2(C)[C@@H]([C@H](C)N(C)C)[C@H](O)C[C@@]2(C)[C@@H]4CC[C@H]3[C@]1(C)CN. The lowest BCUT2D eigenvalue weighted by Crippen LogP contribution is -2.64. The first-order valence-corrected chi connectivity index (χ1v) is 15.1. The van der Waals surface area contributed by atoms with Gasteiger partial charge >= 0.3 is 0 Å². The largest absolute Gasteiger partial charge is 0.393 e. The summed E-state index contributed by atoms with van der Waals surface area (Å²) in [4.78, 5) is 29.6. The zero-order valence-electron chi connectivity index (χ0n) is 24.7. The van der Waals surface area contributed by atoms with Crippen molar-refractivity contribution in [1.29, 1.82) is 0 Å². The van der Waals surface area contributed by atoms with Crippen molar-refractivity contribution in [1.82, 2.24) is 10.2 Å². The predicted octanol–water partition coefficient (Wildman–Crippen LogP) is 4.00. The molecule has 5 fully saturated rings. The predicted molar refractivity (Wildman–Crippen MR) is 147 cm³/mol. The number of aliphatic hydroxyl groups excluding tert-OH is 1. The number of rotatable bonds is 6. The van der Waals surface area contributed by atoms with Crippen molar-refractivity contribution >= 4 is 11.7 Å². The van der Waals surface area contributed by atoms with E-state index in [4.69, 9.17) is 5.73 Å². The van der Waals surface area contributed by atoms with Crippen LogP contribution >= 0.6 is 0 Å². The van der Waals surface area contributed by atoms with E-state index in [2.05, 4.69) is 58.9 Å². The van der Waals surface area contributed by atoms with Crippen molar-refractivity contribution in [3.05, 3.63) is 0 Å². The third kappa shape index (κ3) is 3.21. The van der Waals surface area contributed by atoms with Crippen molar-refractivity contribution in [2.45, 2.75) is 111 Å². The van der Waals surface area contributed by atoms with Crippen LogP contribution < -0.4 is 11.1 Å². The molecule has 210 valence electrons. The third-order valence-electron chi connectivity index (χ3n) is 13.9. The van der Waals surface area contributed by atoms with Crippen LogP contribution in [-0.4, -0.2) is 60.5 Å². The molecule has 12 atom stereocenters. The van der Waals surface area contributed by atoms with E-state index in [0.29, 0.717) is 30.6 Å². The molecule has 0 aliphatic heterocycles. The Hall–Kier alpha value is -0.980. The van der Waals surface area contributed by atoms with E-state index in [0.717, 1.165) is 44.9 Å². The fraction of sp³-hybridized carbons (Fsp3) is 0.935. The van der Waals surface area contributed by atoms with Gasteiger partial charge in [0.15, 0.2) is 0 Å². The van der Waals surface area contributed by atoms with Crippen LogP contribution in [-0.2, 0) is 9.59 Å². The van der Waals surface area contributed by atoms with Crippen LogP contribution in [0.2, 0.25) is 0 Å². The molecule has 0 aromatic rings. The molecule has 6 nitrogen and oxygen atoms in total. The Morgan fingerprint density at radius 1 is 1.14 bits per heavy atom. The molecule has 1 amide bonds. The Labute approximate surface area is 224 Å². The van der Waals surface area contributed by atoms with Gasteiger partial charge in [-0.15, -0.1) is 0 Å². The molecule has 2 spiro atoms. The molecule has 5 aliphatic carbocycles. The molecule has 0 heterocycles. The zero-order chi connectivity index (χ0) is 27.3. The van der Waals surface area contributed by atoms with Gasteiger partial charge in [0, 0.05) is 41.2 Å². The van der Waals surface area contributed by atoms with Crippen molar-refractivity contribution in [2.75, 3.05) is 20.6 Å². The standard InChI is InChI=1S/C31H53N3O3/c1-9-18(2)26(37)33-23-12-13-30-16-31(30)22(11-10-21(30)27(23,4)17-32)28(5)14-20(35)25(19(3)34(7)8)29(28,6)15-24(31)36/h18-23,25,35H,9-17,32H2,1-8H3,(H,33,37)/t18?,19-,20+,21-,22-,23-,25-,27-,28-,29+,30?,31?/m0/s1. The first kappa shape index (κ1) is 27.6. The second-order valence-corrected chi connectivity index (χ2v) is 15.0. The van der Waals surface area contributed by atoms with E-state index in [1.54, 1.807) is 0 Å². The van der Waals surface area contributed by atoms with Crippen molar-refractivity contribution in [3.8, 4) is 0 Å². The van der Waals surface area contributed by atoms with Crippen LogP contribution in [0.3, 0.4) is 0 Å². The lowest BCUT2D eigenvalue weighted by Gasteiger charge is -2.63. The number of nitrogens with one attached hydrogen (secondary N) is 1. The summed E-state index contributed by atoms with van der Waals surface area (Å²) in [6, 6.07) is 0.292. The number of aliphatic hydroxyl groups is 1. The summed E-state index contributed by atoms with van der Waals surface area (Å²) in [6.45, 7) is 13.9. The molecular formula is C31H53N3O3. The van der Waals surface area contributed by atoms with Crippen LogP contribution in [0.4, 0.5) is 0 Å². The van der Waals surface area contributed by atoms with Crippen LogP contribution in [0.25, 0.3) is 0 Å². The van der Waals surface area contributed by atoms with Crippen LogP contribution in [0, 0.1) is 50.7 Å². The summed E-state index contributed by atoms with van der Waals surface area (Å²) in [5, 5.41) is 14.9. The van der Waals surface area contributed by atoms with Crippen LogP contribution in [0.1, 0.15) is 92.9 Å². The molecule has 0 aromatic carbocycles. The van der Waals surface area contributed by atoms with Gasteiger partial charge in [-0.25, -0.2) is 0 Å². The van der Waals surface area contributed by atoms with Crippen molar-refractivity contribution < 1.29 is 14.7 Å². The summed E-state index contributed by atoms with van der Waals surface area (Å²) in [6.07, 6.45) is 6.85. The Bertz CT molecular complexity index is 969. The van der Waals surface area contributed by atoms with Gasteiger partial charge in [-0.2, -0.15) is 0 Å². The fourth-order valence-electron chi connectivity index (χ4n) is 11.2. The third-order valence-corrected chi connectivity index (χ3v) is 13.9. The smallest absolute Gasteiger partial charge is 0.223 e. The number of hydrogen-bond donors (Lipinski definition) is 3. The lowest BCUT2D eigenvalue weighted by molar-refractivity contribution is -0.170. The summed E-state index contributed by atoms with van der Waals surface area (Å²) < 4.78 is 0. The topological polar surface area (TPSA) is 95.7 Å². The molecule has 0 radical (unpaired) electrons. The molecule has 0 aromatic heterocycles. The highest BCUT2D eigenvalue weighted by molar-refractivity contribution is 5.92. The molecule has 5 rings (SSSR count).